The van der Waals surface area contributed by atoms with Crippen molar-refractivity contribution in [2.75, 3.05) is 18.4 Å². The second kappa shape index (κ2) is 7.09. The normalized spacial score (nSPS) is 19.5. The summed E-state index contributed by atoms with van der Waals surface area (Å²) in [6.07, 6.45) is 3.44. The molecule has 1 aromatic carbocycles. The van der Waals surface area contributed by atoms with Gasteiger partial charge in [-0.2, -0.15) is 0 Å². The molecule has 1 atom stereocenters. The lowest BCUT2D eigenvalue weighted by atomic mass is 9.95. The van der Waals surface area contributed by atoms with Gasteiger partial charge in [-0.3, -0.25) is 4.79 Å². The molecule has 2 rings (SSSR count). The summed E-state index contributed by atoms with van der Waals surface area (Å²) in [5, 5.41) is 1.59. The van der Waals surface area contributed by atoms with Gasteiger partial charge in [-0.15, -0.1) is 0 Å². The van der Waals surface area contributed by atoms with E-state index < -0.39 is 0 Å². The third-order valence-electron chi connectivity index (χ3n) is 3.49. The smallest absolute Gasteiger partial charge is 0.253 e. The number of hydrogen-bond acceptors (Lipinski definition) is 1. The van der Waals surface area contributed by atoms with E-state index in [2.05, 4.69) is 31.9 Å². The molecule has 0 saturated carbocycles. The molecule has 0 N–H and O–H groups in total. The molecular weight excluding hydrogens is 393 g/mol. The van der Waals surface area contributed by atoms with Gasteiger partial charge < -0.3 is 4.90 Å². The van der Waals surface area contributed by atoms with Gasteiger partial charge in [0.1, 0.15) is 0 Å². The van der Waals surface area contributed by atoms with Gasteiger partial charge in [0, 0.05) is 28.5 Å². The highest BCUT2D eigenvalue weighted by Gasteiger charge is 2.24. The molecule has 0 bridgehead atoms. The van der Waals surface area contributed by atoms with E-state index in [4.69, 9.17) is 11.6 Å². The van der Waals surface area contributed by atoms with Crippen LogP contribution in [0.5, 0.6) is 0 Å². The lowest BCUT2D eigenvalue weighted by Gasteiger charge is -2.32. The van der Waals surface area contributed by atoms with Crippen LogP contribution in [0.25, 0.3) is 0 Å². The van der Waals surface area contributed by atoms with Crippen LogP contribution < -0.4 is 0 Å². The summed E-state index contributed by atoms with van der Waals surface area (Å²) in [6.45, 7) is 1.71. The van der Waals surface area contributed by atoms with Crippen molar-refractivity contribution in [3.8, 4) is 0 Å². The van der Waals surface area contributed by atoms with Crippen molar-refractivity contribution in [1.82, 2.24) is 4.90 Å². The Hall–Kier alpha value is -0.0600. The number of carbonyl (C=O) groups is 1. The minimum absolute atomic E-state index is 0.0914. The van der Waals surface area contributed by atoms with E-state index in [0.717, 1.165) is 35.7 Å². The van der Waals surface area contributed by atoms with E-state index in [9.17, 15) is 4.79 Å². The topological polar surface area (TPSA) is 20.3 Å². The Morgan fingerprint density at radius 3 is 2.95 bits per heavy atom. The molecule has 2 nitrogen and oxygen atoms in total. The maximum Gasteiger partial charge on any atom is 0.253 e. The fourth-order valence-corrected chi connectivity index (χ4v) is 3.53. The third-order valence-corrected chi connectivity index (χ3v) is 5.18. The molecule has 0 aliphatic carbocycles. The predicted molar refractivity (Wildman–Crippen MR) is 86.2 cm³/mol. The number of benzene rings is 1. The summed E-state index contributed by atoms with van der Waals surface area (Å²) in [5.74, 6) is 0.705. The molecule has 1 unspecified atom stereocenters. The number of carbonyl (C=O) groups excluding carboxylic acids is 1. The van der Waals surface area contributed by atoms with E-state index in [1.165, 1.54) is 6.42 Å². The van der Waals surface area contributed by atoms with Crippen LogP contribution in [-0.2, 0) is 0 Å². The van der Waals surface area contributed by atoms with Gasteiger partial charge in [-0.05, 0) is 59.3 Å². The zero-order chi connectivity index (χ0) is 13.8. The van der Waals surface area contributed by atoms with Crippen LogP contribution in [0.2, 0.25) is 5.02 Å². The molecule has 1 amide bonds. The molecule has 1 fully saturated rings. The number of piperidine rings is 1. The highest BCUT2D eigenvalue weighted by molar-refractivity contribution is 9.10. The molecule has 1 aliphatic heterocycles. The summed E-state index contributed by atoms with van der Waals surface area (Å²) >= 11 is 12.9. The maximum absolute atomic E-state index is 12.5. The summed E-state index contributed by atoms with van der Waals surface area (Å²) in [5.41, 5.74) is 0.674. The van der Waals surface area contributed by atoms with Gasteiger partial charge in [0.2, 0.25) is 0 Å². The van der Waals surface area contributed by atoms with Crippen LogP contribution in [0.15, 0.2) is 22.7 Å². The highest BCUT2D eigenvalue weighted by atomic mass is 79.9. The van der Waals surface area contributed by atoms with Gasteiger partial charge in [-0.1, -0.05) is 27.5 Å². The van der Waals surface area contributed by atoms with E-state index in [-0.39, 0.29) is 5.91 Å². The van der Waals surface area contributed by atoms with E-state index in [1.807, 2.05) is 17.0 Å². The Balaban J connectivity index is 2.08. The van der Waals surface area contributed by atoms with Crippen LogP contribution in [-0.4, -0.2) is 29.2 Å². The van der Waals surface area contributed by atoms with E-state index in [0.29, 0.717) is 16.5 Å². The zero-order valence-corrected chi connectivity index (χ0v) is 14.5. The summed E-state index contributed by atoms with van der Waals surface area (Å²) in [6, 6.07) is 5.39. The monoisotopic (exact) mass is 407 g/mol. The lowest BCUT2D eigenvalue weighted by molar-refractivity contribution is 0.0672. The van der Waals surface area contributed by atoms with Gasteiger partial charge in [0.15, 0.2) is 0 Å². The number of nitrogens with zero attached hydrogens (tertiary/aromatic N) is 1. The first-order valence-corrected chi connectivity index (χ1v) is 8.71. The standard InChI is InChI=1S/C14H16Br2ClNO/c15-6-5-10-2-1-7-18(9-10)14(19)11-3-4-12(16)13(17)8-11/h3-4,8,10H,1-2,5-7,9H2. The first kappa shape index (κ1) is 15.3. The van der Waals surface area contributed by atoms with Crippen molar-refractivity contribution >= 4 is 49.4 Å². The van der Waals surface area contributed by atoms with Crippen molar-refractivity contribution in [3.63, 3.8) is 0 Å². The molecule has 1 aromatic rings. The predicted octanol–water partition coefficient (Wildman–Crippen LogP) is 4.74. The van der Waals surface area contributed by atoms with Gasteiger partial charge >= 0.3 is 0 Å². The third kappa shape index (κ3) is 3.96. The molecule has 0 radical (unpaired) electrons. The molecule has 1 aliphatic rings. The fraction of sp³-hybridized carbons (Fsp3) is 0.500. The number of alkyl halides is 1. The van der Waals surface area contributed by atoms with E-state index >= 15 is 0 Å². The second-order valence-corrected chi connectivity index (χ2v) is 6.92. The Kier molecular flexibility index (Phi) is 5.72. The first-order valence-electron chi connectivity index (χ1n) is 6.42. The van der Waals surface area contributed by atoms with E-state index in [1.54, 1.807) is 6.07 Å². The molecular formula is C14H16Br2ClNO. The zero-order valence-electron chi connectivity index (χ0n) is 10.5. The molecule has 1 saturated heterocycles. The lowest BCUT2D eigenvalue weighted by Crippen LogP contribution is -2.40. The molecule has 0 spiro atoms. The number of hydrogen-bond donors (Lipinski definition) is 0. The van der Waals surface area contributed by atoms with Crippen LogP contribution in [0.4, 0.5) is 0 Å². The van der Waals surface area contributed by atoms with Crippen molar-refractivity contribution in [3.05, 3.63) is 33.3 Å². The van der Waals surface area contributed by atoms with Gasteiger partial charge in [-0.25, -0.2) is 0 Å². The van der Waals surface area contributed by atoms with Crippen LogP contribution in [0, 0.1) is 5.92 Å². The summed E-state index contributed by atoms with van der Waals surface area (Å²) < 4.78 is 0.821. The maximum atomic E-state index is 12.5. The molecule has 19 heavy (non-hydrogen) atoms. The Labute approximate surface area is 135 Å². The molecule has 1 heterocycles. The van der Waals surface area contributed by atoms with Crippen LogP contribution in [0.1, 0.15) is 29.6 Å². The Bertz CT molecular complexity index is 465. The first-order chi connectivity index (χ1) is 9.11. The Morgan fingerprint density at radius 1 is 1.47 bits per heavy atom. The fourth-order valence-electron chi connectivity index (χ4n) is 2.45. The molecule has 104 valence electrons. The van der Waals surface area contributed by atoms with Crippen molar-refractivity contribution in [2.45, 2.75) is 19.3 Å². The largest absolute Gasteiger partial charge is 0.338 e. The second-order valence-electron chi connectivity index (χ2n) is 4.87. The van der Waals surface area contributed by atoms with Crippen molar-refractivity contribution in [2.24, 2.45) is 5.92 Å². The van der Waals surface area contributed by atoms with Gasteiger partial charge in [0.25, 0.3) is 5.91 Å². The average Bonchev–Trinajstić information content (AvgIpc) is 2.42. The number of rotatable bonds is 3. The summed E-state index contributed by atoms with van der Waals surface area (Å²) in [7, 11) is 0. The molecule has 5 heteroatoms. The van der Waals surface area contributed by atoms with Gasteiger partial charge in [0.05, 0.1) is 5.02 Å². The highest BCUT2D eigenvalue weighted by Crippen LogP contribution is 2.26. The quantitative estimate of drug-likeness (QED) is 0.661. The number of halogens is 3. The number of likely N-dealkylation sites (tertiary alicyclic amines) is 1. The number of amides is 1. The summed E-state index contributed by atoms with van der Waals surface area (Å²) in [4.78, 5) is 14.4. The Morgan fingerprint density at radius 2 is 2.26 bits per heavy atom. The van der Waals surface area contributed by atoms with Crippen molar-refractivity contribution in [1.29, 1.82) is 0 Å². The van der Waals surface area contributed by atoms with Crippen molar-refractivity contribution < 1.29 is 4.79 Å². The van der Waals surface area contributed by atoms with Crippen LogP contribution in [0.3, 0.4) is 0 Å². The minimum atomic E-state index is 0.0914. The van der Waals surface area contributed by atoms with Crippen LogP contribution >= 0.6 is 43.5 Å². The minimum Gasteiger partial charge on any atom is -0.338 e. The SMILES string of the molecule is O=C(c1ccc(Br)c(Cl)c1)N1CCCC(CCBr)C1. The molecule has 0 aromatic heterocycles. The average molecular weight is 410 g/mol.